The summed E-state index contributed by atoms with van der Waals surface area (Å²) in [6, 6.07) is 13.8. The Morgan fingerprint density at radius 2 is 1.65 bits per heavy atom. The van der Waals surface area contributed by atoms with Crippen LogP contribution in [0, 0.1) is 0 Å². The van der Waals surface area contributed by atoms with Crippen LogP contribution in [0.4, 0.5) is 8.78 Å². The molecule has 0 aromatic heterocycles. The first-order valence-corrected chi connectivity index (χ1v) is 7.96. The zero-order valence-corrected chi connectivity index (χ0v) is 14.1. The molecule has 7 heteroatoms. The van der Waals surface area contributed by atoms with Gasteiger partial charge in [0.15, 0.2) is 0 Å². The molecular formula is C19H19F2NO4. The van der Waals surface area contributed by atoms with E-state index in [0.29, 0.717) is 5.56 Å². The van der Waals surface area contributed by atoms with Gasteiger partial charge in [-0.2, -0.15) is 8.78 Å². The molecule has 5 nitrogen and oxygen atoms in total. The second-order valence-corrected chi connectivity index (χ2v) is 5.72. The van der Waals surface area contributed by atoms with Gasteiger partial charge in [0, 0.05) is 6.54 Å². The van der Waals surface area contributed by atoms with E-state index in [2.05, 4.69) is 4.74 Å². The summed E-state index contributed by atoms with van der Waals surface area (Å²) in [5.41, 5.74) is 1.39. The molecule has 0 heterocycles. The molecule has 1 unspecified atom stereocenters. The fraction of sp³-hybridized carbons (Fsp3) is 0.263. The molecule has 1 atom stereocenters. The number of halogens is 2. The maximum atomic E-state index is 12.6. The number of aliphatic carboxylic acids is 1. The number of hydrogen-bond acceptors (Lipinski definition) is 3. The molecule has 2 aromatic carbocycles. The molecule has 138 valence electrons. The molecule has 0 spiro atoms. The highest BCUT2D eigenvalue weighted by Crippen LogP contribution is 2.17. The van der Waals surface area contributed by atoms with Crippen molar-refractivity contribution in [1.82, 2.24) is 4.90 Å². The Balaban J connectivity index is 2.11. The van der Waals surface area contributed by atoms with Crippen LogP contribution in [0.25, 0.3) is 0 Å². The number of amides is 1. The zero-order valence-electron chi connectivity index (χ0n) is 14.1. The van der Waals surface area contributed by atoms with Gasteiger partial charge in [-0.15, -0.1) is 0 Å². The van der Waals surface area contributed by atoms with Crippen LogP contribution in [0.3, 0.4) is 0 Å². The quantitative estimate of drug-likeness (QED) is 0.781. The molecular weight excluding hydrogens is 344 g/mol. The molecule has 0 saturated carbocycles. The van der Waals surface area contributed by atoms with Gasteiger partial charge in [-0.3, -0.25) is 4.79 Å². The fourth-order valence-corrected chi connectivity index (χ4v) is 2.42. The van der Waals surface area contributed by atoms with Crippen LogP contribution in [0.1, 0.15) is 18.1 Å². The average Bonchev–Trinajstić information content (AvgIpc) is 2.61. The summed E-state index contributed by atoms with van der Waals surface area (Å²) in [5, 5.41) is 9.28. The van der Waals surface area contributed by atoms with Crippen LogP contribution < -0.4 is 4.74 Å². The normalized spacial score (nSPS) is 11.8. The van der Waals surface area contributed by atoms with E-state index in [4.69, 9.17) is 0 Å². The highest BCUT2D eigenvalue weighted by atomic mass is 19.3. The second kappa shape index (κ2) is 8.94. The van der Waals surface area contributed by atoms with E-state index < -0.39 is 18.6 Å². The molecule has 0 aliphatic heterocycles. The van der Waals surface area contributed by atoms with Gasteiger partial charge in [-0.25, -0.2) is 4.79 Å². The molecule has 0 fully saturated rings. The Morgan fingerprint density at radius 1 is 1.04 bits per heavy atom. The van der Waals surface area contributed by atoms with Crippen molar-refractivity contribution >= 4 is 11.9 Å². The lowest BCUT2D eigenvalue weighted by Gasteiger charge is -2.27. The van der Waals surface area contributed by atoms with Crippen molar-refractivity contribution in [3.8, 4) is 5.75 Å². The van der Waals surface area contributed by atoms with E-state index in [9.17, 15) is 23.5 Å². The predicted molar refractivity (Wildman–Crippen MR) is 90.9 cm³/mol. The number of alkyl halides is 2. The van der Waals surface area contributed by atoms with Gasteiger partial charge in [0.05, 0.1) is 6.42 Å². The number of carboxylic acid groups (broad SMARTS) is 1. The summed E-state index contributed by atoms with van der Waals surface area (Å²) in [6.45, 7) is -1.30. The molecule has 26 heavy (non-hydrogen) atoms. The topological polar surface area (TPSA) is 66.8 Å². The maximum Gasteiger partial charge on any atom is 0.387 e. The highest BCUT2D eigenvalue weighted by Gasteiger charge is 2.25. The molecule has 0 saturated heterocycles. The highest BCUT2D eigenvalue weighted by molar-refractivity contribution is 5.84. The molecule has 0 aliphatic rings. The average molecular weight is 363 g/mol. The van der Waals surface area contributed by atoms with Gasteiger partial charge in [0.25, 0.3) is 0 Å². The van der Waals surface area contributed by atoms with Gasteiger partial charge in [-0.1, -0.05) is 42.5 Å². The maximum absolute atomic E-state index is 12.6. The lowest BCUT2D eigenvalue weighted by atomic mass is 10.1. The number of nitrogens with zero attached hydrogens (tertiary/aromatic N) is 1. The second-order valence-electron chi connectivity index (χ2n) is 5.72. The molecule has 1 amide bonds. The smallest absolute Gasteiger partial charge is 0.387 e. The minimum atomic E-state index is -2.92. The van der Waals surface area contributed by atoms with E-state index in [0.717, 1.165) is 5.56 Å². The van der Waals surface area contributed by atoms with Gasteiger partial charge in [0.1, 0.15) is 11.8 Å². The van der Waals surface area contributed by atoms with E-state index >= 15 is 0 Å². The van der Waals surface area contributed by atoms with Gasteiger partial charge in [-0.05, 0) is 30.2 Å². The number of ether oxygens (including phenoxy) is 1. The minimum Gasteiger partial charge on any atom is -0.480 e. The number of carbonyl (C=O) groups is 2. The summed E-state index contributed by atoms with van der Waals surface area (Å²) in [4.78, 5) is 25.3. The Morgan fingerprint density at radius 3 is 2.19 bits per heavy atom. The summed E-state index contributed by atoms with van der Waals surface area (Å²) in [6.07, 6.45) is -0.0422. The Labute approximate surface area is 149 Å². The standard InChI is InChI=1S/C19H19F2NO4/c1-13(18(24)25)22(12-15-5-3-2-4-6-15)17(23)11-14-7-9-16(10-8-14)26-19(20)21/h2-10,13,19H,11-12H2,1H3,(H,24,25). The van der Waals surface area contributed by atoms with E-state index in [1.165, 1.54) is 36.1 Å². The molecule has 0 radical (unpaired) electrons. The number of hydrogen-bond donors (Lipinski definition) is 1. The van der Waals surface area contributed by atoms with Crippen LogP contribution >= 0.6 is 0 Å². The third-order valence-corrected chi connectivity index (χ3v) is 3.84. The fourth-order valence-electron chi connectivity index (χ4n) is 2.42. The largest absolute Gasteiger partial charge is 0.480 e. The van der Waals surface area contributed by atoms with Crippen molar-refractivity contribution < 1.29 is 28.2 Å². The van der Waals surface area contributed by atoms with E-state index in [1.54, 1.807) is 0 Å². The van der Waals surface area contributed by atoms with Crippen molar-refractivity contribution in [2.45, 2.75) is 32.5 Å². The third-order valence-electron chi connectivity index (χ3n) is 3.84. The van der Waals surface area contributed by atoms with Crippen molar-refractivity contribution in [3.05, 3.63) is 65.7 Å². The van der Waals surface area contributed by atoms with Crippen LogP contribution in [0.2, 0.25) is 0 Å². The molecule has 0 aliphatic carbocycles. The molecule has 2 aromatic rings. The Bertz CT molecular complexity index is 735. The summed E-state index contributed by atoms with van der Waals surface area (Å²) < 4.78 is 28.6. The SMILES string of the molecule is CC(C(=O)O)N(Cc1ccccc1)C(=O)Cc1ccc(OC(F)F)cc1. The van der Waals surface area contributed by atoms with Gasteiger partial charge in [0.2, 0.25) is 5.91 Å². The van der Waals surface area contributed by atoms with Crippen molar-refractivity contribution in [2.24, 2.45) is 0 Å². The number of carboxylic acids is 1. The number of benzene rings is 2. The lowest BCUT2D eigenvalue weighted by Crippen LogP contribution is -2.43. The molecule has 2 rings (SSSR count). The van der Waals surface area contributed by atoms with Crippen LogP contribution in [0.15, 0.2) is 54.6 Å². The van der Waals surface area contributed by atoms with Crippen molar-refractivity contribution in [2.75, 3.05) is 0 Å². The monoisotopic (exact) mass is 363 g/mol. The predicted octanol–water partition coefficient (Wildman–Crippen LogP) is 3.33. The number of carbonyl (C=O) groups excluding carboxylic acids is 1. The van der Waals surface area contributed by atoms with Crippen LogP contribution in [-0.2, 0) is 22.6 Å². The van der Waals surface area contributed by atoms with Crippen molar-refractivity contribution in [1.29, 1.82) is 0 Å². The van der Waals surface area contributed by atoms with Crippen molar-refractivity contribution in [3.63, 3.8) is 0 Å². The first-order chi connectivity index (χ1) is 12.4. The first kappa shape index (κ1) is 19.4. The molecule has 1 N–H and O–H groups in total. The van der Waals surface area contributed by atoms with Gasteiger partial charge < -0.3 is 14.7 Å². The minimum absolute atomic E-state index is 0.00348. The first-order valence-electron chi connectivity index (χ1n) is 7.96. The Kier molecular flexibility index (Phi) is 6.66. The van der Waals surface area contributed by atoms with E-state index in [-0.39, 0.29) is 24.6 Å². The summed E-state index contributed by atoms with van der Waals surface area (Å²) in [5.74, 6) is -1.47. The summed E-state index contributed by atoms with van der Waals surface area (Å²) >= 11 is 0. The third kappa shape index (κ3) is 5.54. The molecule has 0 bridgehead atoms. The Hall–Kier alpha value is -2.96. The number of rotatable bonds is 8. The van der Waals surface area contributed by atoms with E-state index in [1.807, 2.05) is 30.3 Å². The van der Waals surface area contributed by atoms with Crippen LogP contribution in [-0.4, -0.2) is 34.5 Å². The van der Waals surface area contributed by atoms with Gasteiger partial charge >= 0.3 is 12.6 Å². The van der Waals surface area contributed by atoms with Crippen LogP contribution in [0.5, 0.6) is 5.75 Å². The lowest BCUT2D eigenvalue weighted by molar-refractivity contribution is -0.149. The summed E-state index contributed by atoms with van der Waals surface area (Å²) in [7, 11) is 0. The zero-order chi connectivity index (χ0) is 19.1.